The topological polar surface area (TPSA) is 66.9 Å². The first-order valence-electron chi connectivity index (χ1n) is 7.79. The number of carbonyl (C=O) groups is 1. The van der Waals surface area contributed by atoms with Gasteiger partial charge < -0.3 is 10.6 Å². The molecule has 0 unspecified atom stereocenters. The van der Waals surface area contributed by atoms with Crippen LogP contribution in [-0.4, -0.2) is 15.9 Å². The molecule has 0 saturated heterocycles. The number of halogens is 1. The molecular weight excluding hydrogens is 380 g/mol. The minimum absolute atomic E-state index is 0.251. The molecule has 1 amide bonds. The van der Waals surface area contributed by atoms with Crippen molar-refractivity contribution in [1.82, 2.24) is 15.3 Å². The number of nitrogens with one attached hydrogen (secondary N) is 2. The number of hydrogen-bond donors (Lipinski definition) is 2. The largest absolute Gasteiger partial charge is 0.347 e. The summed E-state index contributed by atoms with van der Waals surface area (Å²) in [6.45, 7) is 2.48. The lowest BCUT2D eigenvalue weighted by Crippen LogP contribution is -2.24. The number of amides is 1. The summed E-state index contributed by atoms with van der Waals surface area (Å²) in [4.78, 5) is 20.6. The van der Waals surface area contributed by atoms with Crippen molar-refractivity contribution in [3.8, 4) is 0 Å². The predicted molar refractivity (Wildman–Crippen MR) is 102 cm³/mol. The van der Waals surface area contributed by atoms with Gasteiger partial charge in [-0.1, -0.05) is 36.4 Å². The van der Waals surface area contributed by atoms with E-state index in [9.17, 15) is 4.79 Å². The minimum Gasteiger partial charge on any atom is -0.347 e. The zero-order chi connectivity index (χ0) is 17.6. The second-order valence-corrected chi connectivity index (χ2v) is 6.42. The van der Waals surface area contributed by atoms with Crippen LogP contribution in [0.2, 0.25) is 0 Å². The molecule has 3 rings (SSSR count). The van der Waals surface area contributed by atoms with Crippen molar-refractivity contribution in [2.75, 3.05) is 5.32 Å². The molecule has 1 aromatic heterocycles. The van der Waals surface area contributed by atoms with E-state index in [4.69, 9.17) is 0 Å². The monoisotopic (exact) mass is 396 g/mol. The van der Waals surface area contributed by atoms with Crippen LogP contribution in [0.1, 0.15) is 21.6 Å². The summed E-state index contributed by atoms with van der Waals surface area (Å²) in [5, 5.41) is 6.00. The van der Waals surface area contributed by atoms with E-state index in [0.29, 0.717) is 12.4 Å². The number of carbonyl (C=O) groups excluding carboxylic acids is 1. The van der Waals surface area contributed by atoms with E-state index in [1.807, 2.05) is 55.5 Å². The molecule has 0 atom stereocenters. The van der Waals surface area contributed by atoms with Crippen LogP contribution in [0.15, 0.2) is 65.4 Å². The van der Waals surface area contributed by atoms with Crippen molar-refractivity contribution in [1.29, 1.82) is 0 Å². The molecule has 0 aliphatic heterocycles. The molecule has 0 spiro atoms. The maximum absolute atomic E-state index is 12.1. The van der Waals surface area contributed by atoms with Gasteiger partial charge in [0, 0.05) is 11.0 Å². The molecule has 0 bridgehead atoms. The Morgan fingerprint density at radius 3 is 2.56 bits per heavy atom. The molecule has 2 aromatic carbocycles. The van der Waals surface area contributed by atoms with Gasteiger partial charge in [0.2, 0.25) is 0 Å². The fourth-order valence-corrected chi connectivity index (χ4v) is 2.83. The van der Waals surface area contributed by atoms with Crippen molar-refractivity contribution in [3.63, 3.8) is 0 Å². The van der Waals surface area contributed by atoms with E-state index < -0.39 is 0 Å². The first-order valence-corrected chi connectivity index (χ1v) is 8.58. The Bertz CT molecular complexity index is 866. The van der Waals surface area contributed by atoms with Crippen LogP contribution in [0.25, 0.3) is 0 Å². The Balaban J connectivity index is 1.62. The number of benzene rings is 2. The molecule has 3 aromatic rings. The molecule has 5 nitrogen and oxygen atoms in total. The average Bonchev–Trinajstić information content (AvgIpc) is 2.63. The molecule has 25 heavy (non-hydrogen) atoms. The summed E-state index contributed by atoms with van der Waals surface area (Å²) < 4.78 is 0.944. The molecule has 6 heteroatoms. The normalized spacial score (nSPS) is 10.3. The molecule has 0 saturated carbocycles. The molecule has 126 valence electrons. The van der Waals surface area contributed by atoms with E-state index in [-0.39, 0.29) is 11.6 Å². The zero-order valence-corrected chi connectivity index (χ0v) is 15.2. The number of aryl methyl sites for hydroxylation is 1. The summed E-state index contributed by atoms with van der Waals surface area (Å²) >= 11 is 3.51. The summed E-state index contributed by atoms with van der Waals surface area (Å²) in [5.41, 5.74) is 3.37. The summed E-state index contributed by atoms with van der Waals surface area (Å²) in [7, 11) is 0. The van der Waals surface area contributed by atoms with E-state index in [0.717, 1.165) is 21.3 Å². The standard InChI is InChI=1S/C19H17BrN4O/c1-13-7-8-16(15(20)9-13)24-18-12-21-17(11-22-18)19(25)23-10-14-5-3-2-4-6-14/h2-9,11-12H,10H2,1H3,(H,22,24)(H,23,25). The fraction of sp³-hybridized carbons (Fsp3) is 0.105. The Morgan fingerprint density at radius 2 is 1.88 bits per heavy atom. The third kappa shape index (κ3) is 4.64. The number of rotatable bonds is 5. The lowest BCUT2D eigenvalue weighted by atomic mass is 10.2. The van der Waals surface area contributed by atoms with Gasteiger partial charge in [0.1, 0.15) is 11.5 Å². The van der Waals surface area contributed by atoms with Gasteiger partial charge in [-0.25, -0.2) is 9.97 Å². The van der Waals surface area contributed by atoms with E-state index in [2.05, 4.69) is 36.5 Å². The van der Waals surface area contributed by atoms with Crippen molar-refractivity contribution in [2.24, 2.45) is 0 Å². The van der Waals surface area contributed by atoms with Crippen molar-refractivity contribution in [2.45, 2.75) is 13.5 Å². The van der Waals surface area contributed by atoms with Crippen LogP contribution < -0.4 is 10.6 Å². The number of nitrogens with zero attached hydrogens (tertiary/aromatic N) is 2. The Morgan fingerprint density at radius 1 is 1.08 bits per heavy atom. The maximum atomic E-state index is 12.1. The SMILES string of the molecule is Cc1ccc(Nc2cnc(C(=O)NCc3ccccc3)cn2)c(Br)c1. The Hall–Kier alpha value is -2.73. The van der Waals surface area contributed by atoms with E-state index >= 15 is 0 Å². The second-order valence-electron chi connectivity index (χ2n) is 5.56. The van der Waals surface area contributed by atoms with E-state index in [1.54, 1.807) is 6.20 Å². The summed E-state index contributed by atoms with van der Waals surface area (Å²) in [5.74, 6) is 0.323. The van der Waals surface area contributed by atoms with Gasteiger partial charge in [-0.05, 0) is 46.1 Å². The average molecular weight is 397 g/mol. The first-order chi connectivity index (χ1) is 12.1. The quantitative estimate of drug-likeness (QED) is 0.677. The molecule has 0 aliphatic rings. The lowest BCUT2D eigenvalue weighted by Gasteiger charge is -2.09. The second kappa shape index (κ2) is 7.90. The number of anilines is 2. The highest BCUT2D eigenvalue weighted by Crippen LogP contribution is 2.25. The maximum Gasteiger partial charge on any atom is 0.271 e. The highest BCUT2D eigenvalue weighted by molar-refractivity contribution is 9.10. The van der Waals surface area contributed by atoms with Gasteiger partial charge in [0.25, 0.3) is 5.91 Å². The number of hydrogen-bond acceptors (Lipinski definition) is 4. The first kappa shape index (κ1) is 17.1. The van der Waals surface area contributed by atoms with Crippen LogP contribution in [-0.2, 0) is 6.54 Å². The molecule has 2 N–H and O–H groups in total. The summed E-state index contributed by atoms with van der Waals surface area (Å²) in [6.07, 6.45) is 3.01. The van der Waals surface area contributed by atoms with Crippen LogP contribution in [0.4, 0.5) is 11.5 Å². The summed E-state index contributed by atoms with van der Waals surface area (Å²) in [6, 6.07) is 15.7. The highest BCUT2D eigenvalue weighted by atomic mass is 79.9. The van der Waals surface area contributed by atoms with E-state index in [1.165, 1.54) is 6.20 Å². The molecular formula is C19H17BrN4O. The van der Waals surface area contributed by atoms with Crippen molar-refractivity contribution in [3.05, 3.63) is 82.2 Å². The van der Waals surface area contributed by atoms with Crippen molar-refractivity contribution < 1.29 is 4.79 Å². The van der Waals surface area contributed by atoms with Gasteiger partial charge in [-0.2, -0.15) is 0 Å². The molecule has 0 fully saturated rings. The van der Waals surface area contributed by atoms with Crippen LogP contribution in [0, 0.1) is 6.92 Å². The molecule has 1 heterocycles. The van der Waals surface area contributed by atoms with Gasteiger partial charge in [-0.15, -0.1) is 0 Å². The highest BCUT2D eigenvalue weighted by Gasteiger charge is 2.08. The van der Waals surface area contributed by atoms with Crippen LogP contribution in [0.3, 0.4) is 0 Å². The molecule has 0 radical (unpaired) electrons. The lowest BCUT2D eigenvalue weighted by molar-refractivity contribution is 0.0945. The van der Waals surface area contributed by atoms with Crippen LogP contribution in [0.5, 0.6) is 0 Å². The molecule has 0 aliphatic carbocycles. The number of aromatic nitrogens is 2. The Kier molecular flexibility index (Phi) is 5.40. The third-order valence-corrected chi connectivity index (χ3v) is 4.22. The third-order valence-electron chi connectivity index (χ3n) is 3.57. The predicted octanol–water partition coefficient (Wildman–Crippen LogP) is 4.22. The fourth-order valence-electron chi connectivity index (χ4n) is 2.24. The van der Waals surface area contributed by atoms with Gasteiger partial charge in [0.15, 0.2) is 0 Å². The Labute approximate surface area is 154 Å². The van der Waals surface area contributed by atoms with Gasteiger partial charge in [-0.3, -0.25) is 4.79 Å². The van der Waals surface area contributed by atoms with Gasteiger partial charge >= 0.3 is 0 Å². The zero-order valence-electron chi connectivity index (χ0n) is 13.7. The smallest absolute Gasteiger partial charge is 0.271 e. The van der Waals surface area contributed by atoms with Crippen molar-refractivity contribution >= 4 is 33.3 Å². The minimum atomic E-state index is -0.251. The van der Waals surface area contributed by atoms with Crippen LogP contribution >= 0.6 is 15.9 Å². The van der Waals surface area contributed by atoms with Gasteiger partial charge in [0.05, 0.1) is 18.1 Å².